The molecule has 4 heteroatoms. The summed E-state index contributed by atoms with van der Waals surface area (Å²) in [6.45, 7) is 0. The molecule has 1 aromatic carbocycles. The fourth-order valence-electron chi connectivity index (χ4n) is 1.15. The van der Waals surface area contributed by atoms with Crippen molar-refractivity contribution in [2.75, 3.05) is 5.84 Å². The molecule has 0 saturated heterocycles. The van der Waals surface area contributed by atoms with Gasteiger partial charge < -0.3 is 5.84 Å². The second-order valence-corrected chi connectivity index (χ2v) is 3.52. The fourth-order valence-corrected chi connectivity index (χ4v) is 1.64. The minimum absolute atomic E-state index is 0.870. The van der Waals surface area contributed by atoms with Crippen LogP contribution < -0.4 is 5.84 Å². The van der Waals surface area contributed by atoms with Crippen LogP contribution in [0.15, 0.2) is 41.0 Å². The van der Waals surface area contributed by atoms with E-state index in [0.717, 1.165) is 15.7 Å². The minimum atomic E-state index is 0.870. The van der Waals surface area contributed by atoms with E-state index in [1.165, 1.54) is 4.79 Å². The molecule has 0 saturated carbocycles. The third-order valence-corrected chi connectivity index (χ3v) is 2.45. The Hall–Kier alpha value is -1.29. The highest BCUT2D eigenvalue weighted by molar-refractivity contribution is 9.10. The lowest BCUT2D eigenvalue weighted by atomic mass is 10.2. The summed E-state index contributed by atoms with van der Waals surface area (Å²) in [5.41, 5.74) is 1.92. The molecule has 0 radical (unpaired) electrons. The van der Waals surface area contributed by atoms with Crippen molar-refractivity contribution in [3.63, 3.8) is 0 Å². The molecule has 0 spiro atoms. The van der Waals surface area contributed by atoms with Gasteiger partial charge in [-0.3, -0.25) is 0 Å². The van der Waals surface area contributed by atoms with Gasteiger partial charge in [0, 0.05) is 16.2 Å². The first-order chi connectivity index (χ1) is 6.27. The Morgan fingerprint density at radius 2 is 2.00 bits per heavy atom. The first kappa shape index (κ1) is 8.31. The first-order valence-corrected chi connectivity index (χ1v) is 4.62. The molecule has 0 aliphatic heterocycles. The van der Waals surface area contributed by atoms with Gasteiger partial charge in [-0.1, -0.05) is 34.1 Å². The number of aromatic nitrogens is 2. The molecule has 2 N–H and O–H groups in total. The Bertz CT molecular complexity index is 422. The molecule has 0 unspecified atom stereocenters. The molecule has 0 aliphatic carbocycles. The number of nitrogens with two attached hydrogens (primary N) is 1. The molecule has 0 aliphatic rings. The zero-order valence-electron chi connectivity index (χ0n) is 6.81. The highest BCUT2D eigenvalue weighted by atomic mass is 79.9. The molecular weight excluding hydrogens is 230 g/mol. The van der Waals surface area contributed by atoms with Crippen LogP contribution >= 0.6 is 15.9 Å². The lowest BCUT2D eigenvalue weighted by molar-refractivity contribution is 0.835. The summed E-state index contributed by atoms with van der Waals surface area (Å²) < 4.78 is 1.02. The van der Waals surface area contributed by atoms with Crippen LogP contribution in [-0.2, 0) is 0 Å². The molecule has 13 heavy (non-hydrogen) atoms. The third kappa shape index (κ3) is 1.58. The molecule has 66 valence electrons. The SMILES string of the molecule is Nn1ccc(-c2ccccc2Br)n1. The Balaban J connectivity index is 2.52. The van der Waals surface area contributed by atoms with E-state index >= 15 is 0 Å². The van der Waals surface area contributed by atoms with Crippen molar-refractivity contribution in [2.45, 2.75) is 0 Å². The number of hydrogen-bond acceptors (Lipinski definition) is 2. The van der Waals surface area contributed by atoms with E-state index in [0.29, 0.717) is 0 Å². The van der Waals surface area contributed by atoms with Gasteiger partial charge in [0.15, 0.2) is 0 Å². The highest BCUT2D eigenvalue weighted by Gasteiger charge is 2.03. The average Bonchev–Trinajstić information content (AvgIpc) is 2.53. The van der Waals surface area contributed by atoms with Crippen LogP contribution in [0.25, 0.3) is 11.3 Å². The van der Waals surface area contributed by atoms with Crippen LogP contribution in [0.3, 0.4) is 0 Å². The maximum atomic E-state index is 5.46. The molecule has 0 bridgehead atoms. The van der Waals surface area contributed by atoms with Crippen LogP contribution in [0.1, 0.15) is 0 Å². The summed E-state index contributed by atoms with van der Waals surface area (Å²) >= 11 is 3.45. The quantitative estimate of drug-likeness (QED) is 0.772. The van der Waals surface area contributed by atoms with Gasteiger partial charge in [-0.2, -0.15) is 9.89 Å². The number of halogens is 1. The van der Waals surface area contributed by atoms with Crippen molar-refractivity contribution in [1.82, 2.24) is 9.89 Å². The monoisotopic (exact) mass is 237 g/mol. The van der Waals surface area contributed by atoms with Crippen LogP contribution in [-0.4, -0.2) is 9.89 Å². The van der Waals surface area contributed by atoms with E-state index < -0.39 is 0 Å². The van der Waals surface area contributed by atoms with E-state index in [2.05, 4.69) is 21.0 Å². The number of rotatable bonds is 1. The van der Waals surface area contributed by atoms with Gasteiger partial charge in [0.2, 0.25) is 0 Å². The van der Waals surface area contributed by atoms with Gasteiger partial charge in [0.05, 0.1) is 5.69 Å². The van der Waals surface area contributed by atoms with Gasteiger partial charge in [-0.15, -0.1) is 0 Å². The molecular formula is C9H8BrN3. The molecule has 1 heterocycles. The fraction of sp³-hybridized carbons (Fsp3) is 0. The predicted molar refractivity (Wildman–Crippen MR) is 55.5 cm³/mol. The Kier molecular flexibility index (Phi) is 2.06. The first-order valence-electron chi connectivity index (χ1n) is 3.83. The Morgan fingerprint density at radius 3 is 2.62 bits per heavy atom. The molecule has 2 aromatic rings. The number of nitrogen functional groups attached to an aromatic ring is 1. The van der Waals surface area contributed by atoms with Gasteiger partial charge in [-0.05, 0) is 12.1 Å². The lowest BCUT2D eigenvalue weighted by Crippen LogP contribution is -2.07. The number of hydrogen-bond donors (Lipinski definition) is 1. The lowest BCUT2D eigenvalue weighted by Gasteiger charge is -1.98. The van der Waals surface area contributed by atoms with E-state index in [1.54, 1.807) is 6.20 Å². The Morgan fingerprint density at radius 1 is 1.23 bits per heavy atom. The molecule has 0 amide bonds. The average molecular weight is 238 g/mol. The standard InChI is InChI=1S/C9H8BrN3/c10-8-4-2-1-3-7(8)9-5-6-13(11)12-9/h1-6H,11H2. The highest BCUT2D eigenvalue weighted by Crippen LogP contribution is 2.25. The van der Waals surface area contributed by atoms with E-state index in [4.69, 9.17) is 5.84 Å². The van der Waals surface area contributed by atoms with Gasteiger partial charge in [0.25, 0.3) is 0 Å². The van der Waals surface area contributed by atoms with Crippen molar-refractivity contribution in [3.05, 3.63) is 41.0 Å². The normalized spacial score (nSPS) is 10.2. The predicted octanol–water partition coefficient (Wildman–Crippen LogP) is 2.03. The van der Waals surface area contributed by atoms with Crippen LogP contribution in [0.5, 0.6) is 0 Å². The zero-order valence-corrected chi connectivity index (χ0v) is 8.40. The summed E-state index contributed by atoms with van der Waals surface area (Å²) in [5, 5.41) is 4.11. The molecule has 1 aromatic heterocycles. The molecule has 0 fully saturated rings. The smallest absolute Gasteiger partial charge is 0.0955 e. The third-order valence-electron chi connectivity index (χ3n) is 1.76. The van der Waals surface area contributed by atoms with Crippen molar-refractivity contribution >= 4 is 15.9 Å². The molecule has 3 nitrogen and oxygen atoms in total. The van der Waals surface area contributed by atoms with Crippen molar-refractivity contribution in [1.29, 1.82) is 0 Å². The van der Waals surface area contributed by atoms with Crippen LogP contribution in [0.2, 0.25) is 0 Å². The topological polar surface area (TPSA) is 43.8 Å². The van der Waals surface area contributed by atoms with E-state index in [1.807, 2.05) is 30.3 Å². The molecule has 2 rings (SSSR count). The Labute approximate surface area is 84.3 Å². The van der Waals surface area contributed by atoms with Crippen LogP contribution in [0.4, 0.5) is 0 Å². The van der Waals surface area contributed by atoms with E-state index in [-0.39, 0.29) is 0 Å². The summed E-state index contributed by atoms with van der Waals surface area (Å²) in [6.07, 6.45) is 1.72. The van der Waals surface area contributed by atoms with E-state index in [9.17, 15) is 0 Å². The van der Waals surface area contributed by atoms with Gasteiger partial charge in [-0.25, -0.2) is 0 Å². The van der Waals surface area contributed by atoms with Gasteiger partial charge >= 0.3 is 0 Å². The molecule has 0 atom stereocenters. The summed E-state index contributed by atoms with van der Waals surface area (Å²) in [4.78, 5) is 1.30. The minimum Gasteiger partial charge on any atom is -0.323 e. The summed E-state index contributed by atoms with van der Waals surface area (Å²) in [6, 6.07) is 9.78. The van der Waals surface area contributed by atoms with Gasteiger partial charge in [0.1, 0.15) is 0 Å². The number of nitrogens with zero attached hydrogens (tertiary/aromatic N) is 2. The maximum absolute atomic E-state index is 5.46. The largest absolute Gasteiger partial charge is 0.323 e. The van der Waals surface area contributed by atoms with Crippen LogP contribution in [0, 0.1) is 0 Å². The zero-order chi connectivity index (χ0) is 9.26. The number of benzene rings is 1. The summed E-state index contributed by atoms with van der Waals surface area (Å²) in [5.74, 6) is 5.46. The maximum Gasteiger partial charge on any atom is 0.0955 e. The van der Waals surface area contributed by atoms with Crippen molar-refractivity contribution < 1.29 is 0 Å². The second kappa shape index (κ2) is 3.22. The van der Waals surface area contributed by atoms with Crippen molar-refractivity contribution in [2.24, 2.45) is 0 Å². The van der Waals surface area contributed by atoms with Crippen molar-refractivity contribution in [3.8, 4) is 11.3 Å². The summed E-state index contributed by atoms with van der Waals surface area (Å²) in [7, 11) is 0. The second-order valence-electron chi connectivity index (χ2n) is 2.66.